The monoisotopic (exact) mass is 358 g/mol. The van der Waals surface area contributed by atoms with Gasteiger partial charge in [0.2, 0.25) is 5.95 Å². The first kappa shape index (κ1) is 16.7. The Labute approximate surface area is 151 Å². The van der Waals surface area contributed by atoms with Gasteiger partial charge in [-0.05, 0) is 32.1 Å². The molecule has 1 aliphatic carbocycles. The number of rotatable bonds is 6. The van der Waals surface area contributed by atoms with Crippen LogP contribution in [0.15, 0.2) is 10.6 Å². The standard InChI is InChI=1S/C17H22N6O3/c1-25-17-20-14(19-16(21-17)23-7-3-2-4-8-23)10-18-15(24)12-9-13(26-22-12)11-5-6-11/h9,11H,2-8,10H2,1H3,(H,18,24). The second kappa shape index (κ2) is 7.27. The minimum Gasteiger partial charge on any atom is -0.467 e. The lowest BCUT2D eigenvalue weighted by molar-refractivity contribution is 0.0940. The molecule has 0 aromatic carbocycles. The van der Waals surface area contributed by atoms with Crippen molar-refractivity contribution >= 4 is 11.9 Å². The Morgan fingerprint density at radius 1 is 1.27 bits per heavy atom. The van der Waals surface area contributed by atoms with E-state index in [9.17, 15) is 4.79 Å². The minimum atomic E-state index is -0.306. The van der Waals surface area contributed by atoms with Crippen molar-refractivity contribution in [2.45, 2.75) is 44.6 Å². The Kier molecular flexibility index (Phi) is 4.68. The summed E-state index contributed by atoms with van der Waals surface area (Å²) in [6.45, 7) is 2.01. The zero-order valence-corrected chi connectivity index (χ0v) is 14.8. The molecule has 0 radical (unpaired) electrons. The van der Waals surface area contributed by atoms with Crippen molar-refractivity contribution in [3.63, 3.8) is 0 Å². The predicted octanol–water partition coefficient (Wildman–Crippen LogP) is 1.67. The molecule has 2 aromatic heterocycles. The molecule has 9 nitrogen and oxygen atoms in total. The third kappa shape index (κ3) is 3.76. The summed E-state index contributed by atoms with van der Waals surface area (Å²) < 4.78 is 10.4. The molecule has 1 aliphatic heterocycles. The van der Waals surface area contributed by atoms with Gasteiger partial charge in [0.15, 0.2) is 11.5 Å². The van der Waals surface area contributed by atoms with Crippen molar-refractivity contribution in [1.82, 2.24) is 25.4 Å². The summed E-state index contributed by atoms with van der Waals surface area (Å²) in [4.78, 5) is 27.4. The highest BCUT2D eigenvalue weighted by atomic mass is 16.5. The first-order valence-electron chi connectivity index (χ1n) is 9.01. The molecular formula is C17H22N6O3. The number of nitrogens with one attached hydrogen (secondary N) is 1. The van der Waals surface area contributed by atoms with E-state index in [4.69, 9.17) is 9.26 Å². The van der Waals surface area contributed by atoms with Crippen molar-refractivity contribution in [2.24, 2.45) is 0 Å². The fourth-order valence-corrected chi connectivity index (χ4v) is 3.00. The third-order valence-electron chi connectivity index (χ3n) is 4.62. The summed E-state index contributed by atoms with van der Waals surface area (Å²) in [5.74, 6) is 1.95. The average molecular weight is 358 g/mol. The smallest absolute Gasteiger partial charge is 0.321 e. The number of hydrogen-bond donors (Lipinski definition) is 1. The van der Waals surface area contributed by atoms with Gasteiger partial charge in [0.05, 0.1) is 13.7 Å². The Morgan fingerprint density at radius 2 is 2.08 bits per heavy atom. The maximum absolute atomic E-state index is 12.3. The molecule has 0 bridgehead atoms. The molecule has 26 heavy (non-hydrogen) atoms. The SMILES string of the molecule is COc1nc(CNC(=O)c2cc(C3CC3)on2)nc(N2CCCCC2)n1. The van der Waals surface area contributed by atoms with Crippen LogP contribution in [0.4, 0.5) is 5.95 Å². The van der Waals surface area contributed by atoms with Gasteiger partial charge in [0, 0.05) is 25.1 Å². The van der Waals surface area contributed by atoms with Gasteiger partial charge in [-0.3, -0.25) is 4.79 Å². The predicted molar refractivity (Wildman–Crippen MR) is 92.1 cm³/mol. The van der Waals surface area contributed by atoms with Crippen LogP contribution < -0.4 is 15.0 Å². The molecule has 1 N–H and O–H groups in total. The Balaban J connectivity index is 1.43. The zero-order chi connectivity index (χ0) is 17.9. The van der Waals surface area contributed by atoms with Gasteiger partial charge < -0.3 is 19.5 Å². The second-order valence-corrected chi connectivity index (χ2v) is 6.66. The fourth-order valence-electron chi connectivity index (χ4n) is 3.00. The maximum Gasteiger partial charge on any atom is 0.321 e. The third-order valence-corrected chi connectivity index (χ3v) is 4.62. The van der Waals surface area contributed by atoms with E-state index in [1.807, 2.05) is 0 Å². The molecule has 0 spiro atoms. The molecule has 2 aliphatic rings. The van der Waals surface area contributed by atoms with Gasteiger partial charge in [-0.25, -0.2) is 0 Å². The lowest BCUT2D eigenvalue weighted by atomic mass is 10.1. The van der Waals surface area contributed by atoms with E-state index in [-0.39, 0.29) is 24.2 Å². The quantitative estimate of drug-likeness (QED) is 0.831. The first-order chi connectivity index (χ1) is 12.7. The van der Waals surface area contributed by atoms with Crippen LogP contribution in [-0.2, 0) is 6.54 Å². The van der Waals surface area contributed by atoms with Crippen LogP contribution in [0.2, 0.25) is 0 Å². The normalized spacial score (nSPS) is 17.2. The molecule has 1 saturated heterocycles. The molecule has 3 heterocycles. The van der Waals surface area contributed by atoms with Gasteiger partial charge >= 0.3 is 6.01 Å². The molecule has 2 aromatic rings. The van der Waals surface area contributed by atoms with Crippen LogP contribution in [-0.4, -0.2) is 46.2 Å². The Hall–Kier alpha value is -2.71. The van der Waals surface area contributed by atoms with E-state index in [2.05, 4.69) is 30.3 Å². The molecule has 0 atom stereocenters. The summed E-state index contributed by atoms with van der Waals surface area (Å²) in [5.41, 5.74) is 0.282. The van der Waals surface area contributed by atoms with Gasteiger partial charge in [0.1, 0.15) is 5.76 Å². The Morgan fingerprint density at radius 3 is 2.81 bits per heavy atom. The fraction of sp³-hybridized carbons (Fsp3) is 0.588. The van der Waals surface area contributed by atoms with E-state index in [0.717, 1.165) is 44.5 Å². The second-order valence-electron chi connectivity index (χ2n) is 6.66. The highest BCUT2D eigenvalue weighted by molar-refractivity contribution is 5.92. The summed E-state index contributed by atoms with van der Waals surface area (Å²) >= 11 is 0. The van der Waals surface area contributed by atoms with Crippen molar-refractivity contribution in [2.75, 3.05) is 25.1 Å². The minimum absolute atomic E-state index is 0.171. The number of amides is 1. The van der Waals surface area contributed by atoms with E-state index < -0.39 is 0 Å². The molecule has 138 valence electrons. The van der Waals surface area contributed by atoms with Crippen LogP contribution in [0.5, 0.6) is 6.01 Å². The van der Waals surface area contributed by atoms with E-state index in [1.54, 1.807) is 6.07 Å². The summed E-state index contributed by atoms with van der Waals surface area (Å²) in [7, 11) is 1.52. The van der Waals surface area contributed by atoms with Crippen molar-refractivity contribution in [3.8, 4) is 6.01 Å². The number of ether oxygens (including phenoxy) is 1. The van der Waals surface area contributed by atoms with Crippen molar-refractivity contribution < 1.29 is 14.1 Å². The molecule has 1 amide bonds. The molecule has 2 fully saturated rings. The lowest BCUT2D eigenvalue weighted by Gasteiger charge is -2.26. The van der Waals surface area contributed by atoms with Crippen LogP contribution in [0, 0.1) is 0 Å². The number of methoxy groups -OCH3 is 1. The number of nitrogens with zero attached hydrogens (tertiary/aromatic N) is 5. The number of anilines is 1. The first-order valence-corrected chi connectivity index (χ1v) is 9.01. The lowest BCUT2D eigenvalue weighted by Crippen LogP contribution is -2.32. The molecular weight excluding hydrogens is 336 g/mol. The summed E-state index contributed by atoms with van der Waals surface area (Å²) in [5, 5.41) is 6.62. The summed E-state index contributed by atoms with van der Waals surface area (Å²) in [6, 6.07) is 1.96. The van der Waals surface area contributed by atoms with Crippen LogP contribution in [0.25, 0.3) is 0 Å². The number of aromatic nitrogens is 4. The Bertz CT molecular complexity index is 783. The number of carbonyl (C=O) groups excluding carboxylic acids is 1. The zero-order valence-electron chi connectivity index (χ0n) is 14.8. The average Bonchev–Trinajstić information content (AvgIpc) is 3.43. The van der Waals surface area contributed by atoms with Gasteiger partial charge in [-0.15, -0.1) is 0 Å². The van der Waals surface area contributed by atoms with Crippen molar-refractivity contribution in [1.29, 1.82) is 0 Å². The molecule has 4 rings (SSSR count). The van der Waals surface area contributed by atoms with Crippen LogP contribution in [0.3, 0.4) is 0 Å². The number of piperidine rings is 1. The number of hydrogen-bond acceptors (Lipinski definition) is 8. The van der Waals surface area contributed by atoms with Gasteiger partial charge in [-0.1, -0.05) is 5.16 Å². The maximum atomic E-state index is 12.3. The highest BCUT2D eigenvalue weighted by Gasteiger charge is 2.29. The molecule has 9 heteroatoms. The van der Waals surface area contributed by atoms with E-state index in [0.29, 0.717) is 17.7 Å². The van der Waals surface area contributed by atoms with Crippen molar-refractivity contribution in [3.05, 3.63) is 23.3 Å². The van der Waals surface area contributed by atoms with E-state index >= 15 is 0 Å². The van der Waals surface area contributed by atoms with Gasteiger partial charge in [0.25, 0.3) is 5.91 Å². The van der Waals surface area contributed by atoms with Gasteiger partial charge in [-0.2, -0.15) is 15.0 Å². The van der Waals surface area contributed by atoms with Crippen LogP contribution >= 0.6 is 0 Å². The highest BCUT2D eigenvalue weighted by Crippen LogP contribution is 2.40. The molecule has 0 unspecified atom stereocenters. The topological polar surface area (TPSA) is 106 Å². The number of carbonyl (C=O) groups is 1. The largest absolute Gasteiger partial charge is 0.467 e. The summed E-state index contributed by atoms with van der Waals surface area (Å²) in [6.07, 6.45) is 5.66. The van der Waals surface area contributed by atoms with Crippen LogP contribution in [0.1, 0.15) is 60.1 Å². The molecule has 1 saturated carbocycles. The van der Waals surface area contributed by atoms with E-state index in [1.165, 1.54) is 13.5 Å².